The van der Waals surface area contributed by atoms with Crippen LogP contribution in [-0.2, 0) is 6.18 Å². The van der Waals surface area contributed by atoms with Gasteiger partial charge in [0, 0.05) is 6.54 Å². The Labute approximate surface area is 95.3 Å². The molecule has 0 saturated carbocycles. The highest BCUT2D eigenvalue weighted by atomic mass is 19.4. The molecular formula is C10H11F4N3. The summed E-state index contributed by atoms with van der Waals surface area (Å²) in [6.07, 6.45) is -4.53. The number of nitrogens with two attached hydrogens (primary N) is 1. The largest absolute Gasteiger partial charge is 0.416 e. The van der Waals surface area contributed by atoms with Gasteiger partial charge in [-0.1, -0.05) is 0 Å². The molecule has 1 aromatic rings. The predicted octanol–water partition coefficient (Wildman–Crippen LogP) is 2.59. The Morgan fingerprint density at radius 1 is 1.41 bits per heavy atom. The summed E-state index contributed by atoms with van der Waals surface area (Å²) in [5.74, 6) is -0.960. The summed E-state index contributed by atoms with van der Waals surface area (Å²) >= 11 is 0. The Balaban J connectivity index is 3.03. The van der Waals surface area contributed by atoms with Gasteiger partial charge in [0.15, 0.2) is 5.96 Å². The second kappa shape index (κ2) is 5.03. The summed E-state index contributed by atoms with van der Waals surface area (Å²) in [5.41, 5.74) is 4.03. The van der Waals surface area contributed by atoms with Crippen LogP contribution in [-0.4, -0.2) is 12.5 Å². The van der Waals surface area contributed by atoms with Gasteiger partial charge in [-0.15, -0.1) is 0 Å². The zero-order valence-electron chi connectivity index (χ0n) is 8.98. The van der Waals surface area contributed by atoms with Gasteiger partial charge in [0.2, 0.25) is 0 Å². The summed E-state index contributed by atoms with van der Waals surface area (Å²) in [6, 6.07) is 2.03. The molecule has 0 spiro atoms. The fourth-order valence-electron chi connectivity index (χ4n) is 1.15. The lowest BCUT2D eigenvalue weighted by atomic mass is 10.2. The molecule has 0 atom stereocenters. The molecule has 0 fully saturated rings. The molecule has 0 aromatic heterocycles. The number of anilines is 1. The summed E-state index contributed by atoms with van der Waals surface area (Å²) in [7, 11) is 0. The van der Waals surface area contributed by atoms with Gasteiger partial charge in [-0.05, 0) is 25.1 Å². The van der Waals surface area contributed by atoms with Crippen LogP contribution >= 0.6 is 0 Å². The molecule has 3 nitrogen and oxygen atoms in total. The van der Waals surface area contributed by atoms with Crippen LogP contribution in [0.25, 0.3) is 0 Å². The smallest absolute Gasteiger partial charge is 0.370 e. The van der Waals surface area contributed by atoms with Gasteiger partial charge in [0.1, 0.15) is 5.82 Å². The van der Waals surface area contributed by atoms with Gasteiger partial charge >= 0.3 is 6.18 Å². The van der Waals surface area contributed by atoms with Crippen molar-refractivity contribution in [2.45, 2.75) is 13.1 Å². The maximum Gasteiger partial charge on any atom is 0.416 e. The quantitative estimate of drug-likeness (QED) is 0.481. The van der Waals surface area contributed by atoms with Crippen LogP contribution in [0.1, 0.15) is 12.5 Å². The molecule has 0 amide bonds. The monoisotopic (exact) mass is 249 g/mol. The standard InChI is InChI=1S/C10H11F4N3/c1-2-16-9(15)17-8-5-6(10(12,13)14)3-4-7(8)11/h3-5H,2H2,1H3,(H3,15,16,17). The van der Waals surface area contributed by atoms with Gasteiger partial charge < -0.3 is 11.1 Å². The molecule has 0 radical (unpaired) electrons. The van der Waals surface area contributed by atoms with Gasteiger partial charge in [-0.25, -0.2) is 4.39 Å². The maximum absolute atomic E-state index is 13.2. The normalized spacial score (nSPS) is 12.6. The summed E-state index contributed by atoms with van der Waals surface area (Å²) in [6.45, 7) is 2.04. The Bertz CT molecular complexity index is 426. The topological polar surface area (TPSA) is 50.4 Å². The minimum absolute atomic E-state index is 0.134. The van der Waals surface area contributed by atoms with E-state index in [0.29, 0.717) is 18.7 Å². The number of guanidine groups is 1. The zero-order chi connectivity index (χ0) is 13.1. The summed E-state index contributed by atoms with van der Waals surface area (Å²) < 4.78 is 50.3. The first-order valence-electron chi connectivity index (χ1n) is 4.78. The fraction of sp³-hybridized carbons (Fsp3) is 0.300. The number of halogens is 4. The van der Waals surface area contributed by atoms with Crippen molar-refractivity contribution in [2.75, 3.05) is 11.9 Å². The molecule has 94 valence electrons. The van der Waals surface area contributed by atoms with E-state index >= 15 is 0 Å². The van der Waals surface area contributed by atoms with E-state index in [4.69, 9.17) is 5.73 Å². The Morgan fingerprint density at radius 3 is 2.59 bits per heavy atom. The van der Waals surface area contributed by atoms with E-state index < -0.39 is 17.6 Å². The van der Waals surface area contributed by atoms with Gasteiger partial charge in [0.25, 0.3) is 0 Å². The molecule has 0 bridgehead atoms. The molecule has 0 aliphatic heterocycles. The average Bonchev–Trinajstić information content (AvgIpc) is 2.20. The summed E-state index contributed by atoms with van der Waals surface area (Å²) in [4.78, 5) is 3.69. The van der Waals surface area contributed by atoms with Crippen molar-refractivity contribution < 1.29 is 17.6 Å². The van der Waals surface area contributed by atoms with E-state index in [9.17, 15) is 17.6 Å². The van der Waals surface area contributed by atoms with Crippen LogP contribution in [0.15, 0.2) is 23.2 Å². The van der Waals surface area contributed by atoms with E-state index in [1.165, 1.54) is 0 Å². The molecule has 1 rings (SSSR count). The molecule has 0 heterocycles. The predicted molar refractivity (Wildman–Crippen MR) is 57.2 cm³/mol. The molecule has 0 unspecified atom stereocenters. The van der Waals surface area contributed by atoms with Crippen LogP contribution in [0.4, 0.5) is 23.2 Å². The number of nitrogens with zero attached hydrogens (tertiary/aromatic N) is 1. The second-order valence-corrected chi connectivity index (χ2v) is 3.18. The lowest BCUT2D eigenvalue weighted by molar-refractivity contribution is -0.137. The van der Waals surface area contributed by atoms with E-state index in [2.05, 4.69) is 10.3 Å². The van der Waals surface area contributed by atoms with Crippen LogP contribution < -0.4 is 11.1 Å². The summed E-state index contributed by atoms with van der Waals surface area (Å²) in [5, 5.41) is 2.28. The van der Waals surface area contributed by atoms with Crippen LogP contribution in [0.2, 0.25) is 0 Å². The first-order chi connectivity index (χ1) is 7.84. The number of hydrogen-bond acceptors (Lipinski definition) is 1. The molecule has 17 heavy (non-hydrogen) atoms. The van der Waals surface area contributed by atoms with Crippen molar-refractivity contribution in [1.82, 2.24) is 0 Å². The average molecular weight is 249 g/mol. The van der Waals surface area contributed by atoms with E-state index in [1.807, 2.05) is 0 Å². The van der Waals surface area contributed by atoms with Crippen LogP contribution in [0.5, 0.6) is 0 Å². The zero-order valence-corrected chi connectivity index (χ0v) is 8.98. The number of nitrogens with one attached hydrogen (secondary N) is 1. The SMILES string of the molecule is CCN=C(N)Nc1cc(C(F)(F)F)ccc1F. The highest BCUT2D eigenvalue weighted by molar-refractivity contribution is 5.92. The van der Waals surface area contributed by atoms with Gasteiger partial charge in [-0.3, -0.25) is 4.99 Å². The minimum atomic E-state index is -4.53. The van der Waals surface area contributed by atoms with Crippen molar-refractivity contribution in [3.63, 3.8) is 0 Å². The fourth-order valence-corrected chi connectivity index (χ4v) is 1.15. The highest BCUT2D eigenvalue weighted by Gasteiger charge is 2.31. The molecule has 1 aromatic carbocycles. The molecule has 7 heteroatoms. The van der Waals surface area contributed by atoms with Crippen molar-refractivity contribution in [3.8, 4) is 0 Å². The van der Waals surface area contributed by atoms with E-state index in [0.717, 1.165) is 6.07 Å². The first-order valence-corrected chi connectivity index (χ1v) is 4.78. The lowest BCUT2D eigenvalue weighted by Gasteiger charge is -2.11. The van der Waals surface area contributed by atoms with Crippen molar-refractivity contribution in [3.05, 3.63) is 29.6 Å². The van der Waals surface area contributed by atoms with E-state index in [1.54, 1.807) is 6.92 Å². The molecule has 0 saturated heterocycles. The number of alkyl halides is 3. The van der Waals surface area contributed by atoms with Crippen molar-refractivity contribution in [1.29, 1.82) is 0 Å². The maximum atomic E-state index is 13.2. The molecule has 3 N–H and O–H groups in total. The first kappa shape index (κ1) is 13.3. The Hall–Kier alpha value is -1.79. The molecular weight excluding hydrogens is 238 g/mol. The van der Waals surface area contributed by atoms with Crippen LogP contribution in [0, 0.1) is 5.82 Å². The number of aliphatic imine (C=N–C) groups is 1. The van der Waals surface area contributed by atoms with E-state index in [-0.39, 0.29) is 11.6 Å². The molecule has 0 aliphatic carbocycles. The van der Waals surface area contributed by atoms with Crippen molar-refractivity contribution >= 4 is 11.6 Å². The number of benzene rings is 1. The second-order valence-electron chi connectivity index (χ2n) is 3.18. The number of rotatable bonds is 2. The third-order valence-electron chi connectivity index (χ3n) is 1.88. The molecule has 0 aliphatic rings. The third-order valence-corrected chi connectivity index (χ3v) is 1.88. The highest BCUT2D eigenvalue weighted by Crippen LogP contribution is 2.31. The van der Waals surface area contributed by atoms with Crippen LogP contribution in [0.3, 0.4) is 0 Å². The minimum Gasteiger partial charge on any atom is -0.370 e. The third kappa shape index (κ3) is 3.61. The Kier molecular flexibility index (Phi) is 3.93. The lowest BCUT2D eigenvalue weighted by Crippen LogP contribution is -2.23. The van der Waals surface area contributed by atoms with Gasteiger partial charge in [0.05, 0.1) is 11.3 Å². The number of hydrogen-bond donors (Lipinski definition) is 2. The van der Waals surface area contributed by atoms with Crippen molar-refractivity contribution in [2.24, 2.45) is 10.7 Å². The Morgan fingerprint density at radius 2 is 2.06 bits per heavy atom. The van der Waals surface area contributed by atoms with Gasteiger partial charge in [-0.2, -0.15) is 13.2 Å².